The zero-order valence-corrected chi connectivity index (χ0v) is 18.2. The summed E-state index contributed by atoms with van der Waals surface area (Å²) in [5.74, 6) is 0.535. The molecule has 1 aromatic heterocycles. The second-order valence-corrected chi connectivity index (χ2v) is 8.61. The van der Waals surface area contributed by atoms with Crippen LogP contribution in [0.4, 0.5) is 8.78 Å². The lowest BCUT2D eigenvalue weighted by atomic mass is 9.88. The molecule has 0 spiro atoms. The summed E-state index contributed by atoms with van der Waals surface area (Å²) in [4.78, 5) is 29.4. The Morgan fingerprint density at radius 1 is 1.00 bits per heavy atom. The Morgan fingerprint density at radius 2 is 1.74 bits per heavy atom. The largest absolute Gasteiger partial charge is 0.435 e. The summed E-state index contributed by atoms with van der Waals surface area (Å²) in [5, 5.41) is 10.6. The third-order valence-electron chi connectivity index (χ3n) is 6.49. The number of nitrogens with zero attached hydrogens (tertiary/aromatic N) is 4. The molecule has 2 atom stereocenters. The minimum atomic E-state index is -2.87. The number of piperidine rings is 1. The number of alkyl halides is 2. The van der Waals surface area contributed by atoms with Crippen molar-refractivity contribution in [1.29, 1.82) is 0 Å². The number of aromatic amines is 1. The molecular weight excluding hydrogens is 444 g/mol. The van der Waals surface area contributed by atoms with Crippen LogP contribution in [0, 0.1) is 11.8 Å². The van der Waals surface area contributed by atoms with Gasteiger partial charge in [-0.3, -0.25) is 9.59 Å². The van der Waals surface area contributed by atoms with Crippen LogP contribution in [0.3, 0.4) is 0 Å². The van der Waals surface area contributed by atoms with Crippen molar-refractivity contribution in [1.82, 2.24) is 25.2 Å². The molecule has 2 aromatic carbocycles. The van der Waals surface area contributed by atoms with Crippen LogP contribution in [0.5, 0.6) is 5.75 Å². The zero-order valence-electron chi connectivity index (χ0n) is 18.2. The van der Waals surface area contributed by atoms with Crippen molar-refractivity contribution in [2.24, 2.45) is 11.8 Å². The molecule has 2 aliphatic heterocycles. The second-order valence-electron chi connectivity index (χ2n) is 8.61. The summed E-state index contributed by atoms with van der Waals surface area (Å²) in [6, 6.07) is 11.4. The number of benzene rings is 2. The molecule has 10 heteroatoms. The number of halogens is 2. The van der Waals surface area contributed by atoms with Gasteiger partial charge in [0.15, 0.2) is 0 Å². The van der Waals surface area contributed by atoms with Gasteiger partial charge in [0.05, 0.1) is 0 Å². The van der Waals surface area contributed by atoms with E-state index in [2.05, 4.69) is 20.1 Å². The van der Waals surface area contributed by atoms with Gasteiger partial charge in [-0.2, -0.15) is 24.2 Å². The van der Waals surface area contributed by atoms with Gasteiger partial charge in [-0.25, -0.2) is 0 Å². The number of fused-ring (bicyclic) bond motifs is 2. The second kappa shape index (κ2) is 9.20. The first-order valence-corrected chi connectivity index (χ1v) is 11.1. The van der Waals surface area contributed by atoms with Crippen LogP contribution in [-0.2, 0) is 4.79 Å². The van der Waals surface area contributed by atoms with E-state index in [0.29, 0.717) is 54.3 Å². The summed E-state index contributed by atoms with van der Waals surface area (Å²) in [6.45, 7) is -0.338. The molecule has 2 amide bonds. The van der Waals surface area contributed by atoms with Gasteiger partial charge >= 0.3 is 6.61 Å². The van der Waals surface area contributed by atoms with Crippen LogP contribution in [0.1, 0.15) is 22.3 Å². The Balaban J connectivity index is 1.18. The molecule has 5 rings (SSSR count). The summed E-state index contributed by atoms with van der Waals surface area (Å²) in [6.07, 6.45) is 4.00. The summed E-state index contributed by atoms with van der Waals surface area (Å²) in [7, 11) is 0. The molecular formula is C24H23F2N5O3. The van der Waals surface area contributed by atoms with Crippen LogP contribution in [0.15, 0.2) is 48.5 Å². The van der Waals surface area contributed by atoms with E-state index in [0.717, 1.165) is 6.42 Å². The number of nitrogens with one attached hydrogen (secondary N) is 1. The number of hydrogen-bond acceptors (Lipinski definition) is 5. The van der Waals surface area contributed by atoms with Crippen molar-refractivity contribution >= 4 is 28.9 Å². The number of ether oxygens (including phenoxy) is 1. The van der Waals surface area contributed by atoms with Crippen LogP contribution >= 0.6 is 0 Å². The Bertz CT molecular complexity index is 1230. The normalized spacial score (nSPS) is 20.3. The predicted molar refractivity (Wildman–Crippen MR) is 120 cm³/mol. The number of hydrogen-bond donors (Lipinski definition) is 1. The fourth-order valence-electron chi connectivity index (χ4n) is 4.72. The lowest BCUT2D eigenvalue weighted by Gasteiger charge is -2.34. The highest BCUT2D eigenvalue weighted by Gasteiger charge is 2.39. The summed E-state index contributed by atoms with van der Waals surface area (Å²) >= 11 is 0. The number of carbonyl (C=O) groups excluding carboxylic acids is 2. The monoisotopic (exact) mass is 467 g/mol. The van der Waals surface area contributed by atoms with Crippen molar-refractivity contribution in [3.8, 4) is 5.75 Å². The number of rotatable bonds is 5. The maximum Gasteiger partial charge on any atom is 0.387 e. The topological polar surface area (TPSA) is 91.4 Å². The Labute approximate surface area is 194 Å². The van der Waals surface area contributed by atoms with Gasteiger partial charge in [-0.1, -0.05) is 12.1 Å². The number of aromatic nitrogens is 3. The van der Waals surface area contributed by atoms with Crippen LogP contribution in [-0.4, -0.2) is 69.8 Å². The van der Waals surface area contributed by atoms with Gasteiger partial charge in [0.1, 0.15) is 16.8 Å². The molecule has 0 unspecified atom stereocenters. The highest BCUT2D eigenvalue weighted by Crippen LogP contribution is 2.32. The smallest absolute Gasteiger partial charge is 0.387 e. The molecule has 2 aliphatic rings. The molecule has 0 bridgehead atoms. The van der Waals surface area contributed by atoms with Crippen molar-refractivity contribution < 1.29 is 23.1 Å². The molecule has 0 aliphatic carbocycles. The molecule has 2 fully saturated rings. The lowest BCUT2D eigenvalue weighted by Crippen LogP contribution is -2.43. The standard InChI is InChI=1S/C24H23F2N5O3/c25-24(26)34-19-5-1-15(2-6-19)3-8-22(32)31-12-17-9-10-30(13-18(17)14-31)23(33)16-4-7-20-21(11-16)28-29-27-20/h1-8,11,17-18,24H,9-10,12-14H2,(H,27,28,29)/t17-,18-/m0/s1. The van der Waals surface area contributed by atoms with Crippen molar-refractivity contribution in [2.45, 2.75) is 13.0 Å². The van der Waals surface area contributed by atoms with E-state index in [1.54, 1.807) is 36.4 Å². The molecule has 3 heterocycles. The minimum absolute atomic E-state index is 0.0349. The average Bonchev–Trinajstić information content (AvgIpc) is 3.48. The van der Waals surface area contributed by atoms with E-state index in [1.165, 1.54) is 18.2 Å². The third kappa shape index (κ3) is 4.61. The van der Waals surface area contributed by atoms with Gasteiger partial charge in [0, 0.05) is 37.8 Å². The molecule has 8 nitrogen and oxygen atoms in total. The molecule has 1 N–H and O–H groups in total. The molecule has 0 radical (unpaired) electrons. The number of likely N-dealkylation sites (tertiary alicyclic amines) is 2. The van der Waals surface area contributed by atoms with Gasteiger partial charge in [-0.05, 0) is 60.2 Å². The molecule has 176 valence electrons. The first kappa shape index (κ1) is 22.0. The number of amides is 2. The van der Waals surface area contributed by atoms with E-state index in [4.69, 9.17) is 0 Å². The zero-order chi connectivity index (χ0) is 23.7. The van der Waals surface area contributed by atoms with Crippen LogP contribution in [0.2, 0.25) is 0 Å². The first-order chi connectivity index (χ1) is 16.5. The van der Waals surface area contributed by atoms with E-state index < -0.39 is 6.61 Å². The van der Waals surface area contributed by atoms with E-state index in [9.17, 15) is 18.4 Å². The maximum atomic E-state index is 13.0. The van der Waals surface area contributed by atoms with Crippen LogP contribution in [0.25, 0.3) is 17.1 Å². The SMILES string of the molecule is O=C(C=Cc1ccc(OC(F)F)cc1)N1C[C@@H]2CN(C(=O)c3ccc4n[nH]nc4c3)CC[C@H]2C1. The van der Waals surface area contributed by atoms with Gasteiger partial charge in [-0.15, -0.1) is 0 Å². The highest BCUT2D eigenvalue weighted by atomic mass is 19.3. The van der Waals surface area contributed by atoms with Crippen molar-refractivity contribution in [2.75, 3.05) is 26.2 Å². The number of H-pyrrole nitrogens is 1. The maximum absolute atomic E-state index is 13.0. The average molecular weight is 467 g/mol. The first-order valence-electron chi connectivity index (χ1n) is 11.1. The van der Waals surface area contributed by atoms with E-state index in [-0.39, 0.29) is 23.5 Å². The molecule has 3 aromatic rings. The van der Waals surface area contributed by atoms with E-state index in [1.807, 2.05) is 9.80 Å². The van der Waals surface area contributed by atoms with Crippen molar-refractivity contribution in [3.63, 3.8) is 0 Å². The lowest BCUT2D eigenvalue weighted by molar-refractivity contribution is -0.125. The fourth-order valence-corrected chi connectivity index (χ4v) is 4.72. The Morgan fingerprint density at radius 3 is 2.53 bits per heavy atom. The van der Waals surface area contributed by atoms with Crippen LogP contribution < -0.4 is 4.74 Å². The molecule has 2 saturated heterocycles. The quantitative estimate of drug-likeness (QED) is 0.582. The predicted octanol–water partition coefficient (Wildman–Crippen LogP) is 3.19. The Hall–Kier alpha value is -3.82. The summed E-state index contributed by atoms with van der Waals surface area (Å²) in [5.41, 5.74) is 2.66. The van der Waals surface area contributed by atoms with Crippen molar-refractivity contribution in [3.05, 3.63) is 59.7 Å². The highest BCUT2D eigenvalue weighted by molar-refractivity contribution is 5.97. The van der Waals surface area contributed by atoms with Gasteiger partial charge < -0.3 is 14.5 Å². The fraction of sp³-hybridized carbons (Fsp3) is 0.333. The number of carbonyl (C=O) groups is 2. The Kier molecular flexibility index (Phi) is 5.95. The van der Waals surface area contributed by atoms with E-state index >= 15 is 0 Å². The van der Waals surface area contributed by atoms with Gasteiger partial charge in [0.25, 0.3) is 5.91 Å². The minimum Gasteiger partial charge on any atom is -0.435 e. The van der Waals surface area contributed by atoms with Gasteiger partial charge in [0.2, 0.25) is 5.91 Å². The third-order valence-corrected chi connectivity index (χ3v) is 6.49. The summed E-state index contributed by atoms with van der Waals surface area (Å²) < 4.78 is 28.8. The molecule has 34 heavy (non-hydrogen) atoms. The molecule has 0 saturated carbocycles.